The van der Waals surface area contributed by atoms with E-state index >= 15 is 0 Å². The Kier molecular flexibility index (Phi) is 29.7. The van der Waals surface area contributed by atoms with Crippen molar-refractivity contribution in [2.24, 2.45) is 40.9 Å². The van der Waals surface area contributed by atoms with Crippen LogP contribution in [0.1, 0.15) is 138 Å². The Bertz CT molecular complexity index is 1920. The highest BCUT2D eigenvalue weighted by atomic mass is 16.3. The molecule has 412 valence electrons. The number of aliphatic hydroxyl groups excluding tert-OH is 1. The van der Waals surface area contributed by atoms with Crippen molar-refractivity contribution in [2.75, 3.05) is 26.2 Å². The highest BCUT2D eigenvalue weighted by molar-refractivity contribution is 5.98. The summed E-state index contributed by atoms with van der Waals surface area (Å²) in [5, 5.41) is 32.4. The van der Waals surface area contributed by atoms with Gasteiger partial charge in [-0.3, -0.25) is 43.2 Å². The van der Waals surface area contributed by atoms with Crippen molar-refractivity contribution < 1.29 is 48.3 Å². The zero-order valence-corrected chi connectivity index (χ0v) is 44.4. The summed E-state index contributed by atoms with van der Waals surface area (Å²) >= 11 is 0. The van der Waals surface area contributed by atoms with E-state index in [2.05, 4.69) is 42.5 Å². The topological polar surface area (TPSA) is 348 Å². The molecule has 21 nitrogen and oxygen atoms in total. The predicted molar refractivity (Wildman–Crippen MR) is 279 cm³/mol. The van der Waals surface area contributed by atoms with Gasteiger partial charge in [-0.15, -0.1) is 0 Å². The number of aliphatic hydroxyl groups is 1. The van der Waals surface area contributed by atoms with Gasteiger partial charge in [-0.1, -0.05) is 91.6 Å². The van der Waals surface area contributed by atoms with Crippen molar-refractivity contribution in [3.63, 3.8) is 0 Å². The van der Waals surface area contributed by atoms with Gasteiger partial charge in [0, 0.05) is 18.9 Å². The van der Waals surface area contributed by atoms with E-state index in [-0.39, 0.29) is 102 Å². The van der Waals surface area contributed by atoms with Gasteiger partial charge in [0.1, 0.15) is 36.3 Å². The number of rotatable bonds is 23. The SMILES string of the molecule is CCC[C@@H]1NC(=O)[C@H](CCN)NC(=O)[C@H](Cc2ccccc2)CC(=O)[C@@H](CC(C)C)NC(=O)[C@H](CCN)NC(=O)[C@@H](NC(=O)[C@@H](CCN)NC(=O)C[C@H](O)CCC(C)CC)CCNC(=O)[C@H](CC(C)C)NC1=O. The number of hydrogen-bond donors (Lipinski definition) is 12. The van der Waals surface area contributed by atoms with Gasteiger partial charge in [0.2, 0.25) is 47.3 Å². The summed E-state index contributed by atoms with van der Waals surface area (Å²) in [6.07, 6.45) is 1.11. The first-order valence-electron chi connectivity index (χ1n) is 26.4. The second-order valence-corrected chi connectivity index (χ2v) is 20.4. The average Bonchev–Trinajstić information content (AvgIpc) is 3.33. The number of Topliss-reactive ketones (excluding diaryl/α,β-unsaturated/α-hetero) is 1. The van der Waals surface area contributed by atoms with Crippen LogP contribution < -0.4 is 59.7 Å². The number of nitrogens with one attached hydrogen (secondary N) is 8. The minimum atomic E-state index is -1.44. The van der Waals surface area contributed by atoms with Gasteiger partial charge in [-0.25, -0.2) is 0 Å². The van der Waals surface area contributed by atoms with Crippen LogP contribution in [-0.2, 0) is 49.6 Å². The van der Waals surface area contributed by atoms with Gasteiger partial charge in [-0.2, -0.15) is 0 Å². The molecule has 0 spiro atoms. The van der Waals surface area contributed by atoms with E-state index in [1.165, 1.54) is 0 Å². The summed E-state index contributed by atoms with van der Waals surface area (Å²) in [4.78, 5) is 126. The molecular weight excluding hydrogens is 939 g/mol. The maximum atomic E-state index is 14.4. The second-order valence-electron chi connectivity index (χ2n) is 20.4. The van der Waals surface area contributed by atoms with Crippen molar-refractivity contribution in [1.82, 2.24) is 42.5 Å². The molecule has 1 unspecified atom stereocenters. The minimum Gasteiger partial charge on any atom is -0.393 e. The summed E-state index contributed by atoms with van der Waals surface area (Å²) < 4.78 is 0. The summed E-state index contributed by atoms with van der Waals surface area (Å²) in [5.41, 5.74) is 18.5. The van der Waals surface area contributed by atoms with E-state index in [1.807, 2.05) is 48.5 Å². The van der Waals surface area contributed by atoms with Crippen LogP contribution in [0.3, 0.4) is 0 Å². The second kappa shape index (κ2) is 34.1. The first kappa shape index (κ1) is 63.6. The fourth-order valence-corrected chi connectivity index (χ4v) is 8.48. The first-order chi connectivity index (χ1) is 34.7. The molecule has 21 heteroatoms. The Balaban J connectivity index is 2.69. The van der Waals surface area contributed by atoms with Gasteiger partial charge < -0.3 is 64.8 Å². The number of nitrogens with two attached hydrogens (primary N) is 3. The molecule has 1 saturated heterocycles. The van der Waals surface area contributed by atoms with Gasteiger partial charge in [0.15, 0.2) is 5.78 Å². The molecule has 15 N–H and O–H groups in total. The number of carbonyl (C=O) groups excluding carboxylic acids is 9. The Hall–Kier alpha value is -5.51. The van der Waals surface area contributed by atoms with Crippen molar-refractivity contribution in [3.8, 4) is 0 Å². The van der Waals surface area contributed by atoms with Crippen LogP contribution in [0.15, 0.2) is 30.3 Å². The van der Waals surface area contributed by atoms with Crippen molar-refractivity contribution >= 4 is 53.0 Å². The molecule has 0 aliphatic carbocycles. The van der Waals surface area contributed by atoms with Crippen molar-refractivity contribution in [1.29, 1.82) is 0 Å². The lowest BCUT2D eigenvalue weighted by Gasteiger charge is -2.28. The summed E-state index contributed by atoms with van der Waals surface area (Å²) in [7, 11) is 0. The zero-order chi connectivity index (χ0) is 54.6. The number of carbonyl (C=O) groups is 9. The fraction of sp³-hybridized carbons (Fsp3) is 0.712. The fourth-order valence-electron chi connectivity index (χ4n) is 8.48. The maximum absolute atomic E-state index is 14.4. The van der Waals surface area contributed by atoms with Crippen LogP contribution in [0.25, 0.3) is 0 Å². The molecule has 1 aliphatic rings. The normalized spacial score (nSPS) is 23.7. The van der Waals surface area contributed by atoms with Gasteiger partial charge in [0.05, 0.1) is 18.6 Å². The molecule has 1 aliphatic heterocycles. The highest BCUT2D eigenvalue weighted by Gasteiger charge is 2.36. The summed E-state index contributed by atoms with van der Waals surface area (Å²) in [6, 6.07) is 0.421. The minimum absolute atomic E-state index is 0.00473. The third-order valence-electron chi connectivity index (χ3n) is 12.9. The molecule has 1 heterocycles. The smallest absolute Gasteiger partial charge is 0.243 e. The molecule has 0 aromatic heterocycles. The first-order valence-corrected chi connectivity index (χ1v) is 26.4. The van der Waals surface area contributed by atoms with Crippen LogP contribution in [0.5, 0.6) is 0 Å². The molecule has 1 aromatic carbocycles. The maximum Gasteiger partial charge on any atom is 0.243 e. The van der Waals surface area contributed by atoms with Crippen molar-refractivity contribution in [2.45, 2.75) is 187 Å². The lowest BCUT2D eigenvalue weighted by Crippen LogP contribution is -2.59. The van der Waals surface area contributed by atoms with Gasteiger partial charge >= 0.3 is 0 Å². The summed E-state index contributed by atoms with van der Waals surface area (Å²) in [5.74, 6) is -7.00. The Morgan fingerprint density at radius 3 is 1.74 bits per heavy atom. The monoisotopic (exact) mass is 1030 g/mol. The number of amides is 8. The van der Waals surface area contributed by atoms with E-state index in [9.17, 15) is 48.3 Å². The van der Waals surface area contributed by atoms with E-state index < -0.39 is 107 Å². The largest absolute Gasteiger partial charge is 0.393 e. The lowest BCUT2D eigenvalue weighted by atomic mass is 9.88. The molecule has 8 amide bonds. The zero-order valence-electron chi connectivity index (χ0n) is 44.4. The van der Waals surface area contributed by atoms with Crippen molar-refractivity contribution in [3.05, 3.63) is 35.9 Å². The van der Waals surface area contributed by atoms with Crippen LogP contribution in [0.2, 0.25) is 0 Å². The standard InChI is InChI=1S/C52H89N11O10/c1-8-13-37-48(69)63-43(27-32(5)6)47(68)56-25-21-41(61-49(70)38(18-22-53)57-45(66)30-36(64)17-16-33(7)9-2)52(73)60-40(20-24-55)51(72)62-42(26-31(3)4)44(65)29-35(28-34-14-11-10-12-15-34)46(67)58-39(19-23-54)50(71)59-37/h10-12,14-15,31-33,35-43,64H,8-9,13,16-30,53-55H2,1-7H3,(H,56,68)(H,57,66)(H,58,67)(H,59,71)(H,60,73)(H,61,70)(H,62,72)(H,63,69)/t33?,35-,36-,37+,38-,39+,40+,41+,42-,43+/m1/s1. The molecule has 73 heavy (non-hydrogen) atoms. The highest BCUT2D eigenvalue weighted by Crippen LogP contribution is 2.19. The van der Waals surface area contributed by atoms with Gasteiger partial charge in [-0.05, 0) is 107 Å². The number of benzene rings is 1. The van der Waals surface area contributed by atoms with Crippen LogP contribution >= 0.6 is 0 Å². The number of ketones is 1. The molecule has 0 saturated carbocycles. The van der Waals surface area contributed by atoms with Crippen LogP contribution in [0, 0.1) is 23.7 Å². The van der Waals surface area contributed by atoms with Crippen LogP contribution in [-0.4, -0.2) is 133 Å². The molecular formula is C52H89N11O10. The molecule has 2 rings (SSSR count). The molecule has 1 aromatic rings. The van der Waals surface area contributed by atoms with E-state index in [4.69, 9.17) is 17.2 Å². The number of hydrogen-bond acceptors (Lipinski definition) is 13. The quantitative estimate of drug-likeness (QED) is 0.0700. The Morgan fingerprint density at radius 2 is 1.19 bits per heavy atom. The summed E-state index contributed by atoms with van der Waals surface area (Å²) in [6.45, 7) is 13.0. The average molecular weight is 1030 g/mol. The Labute approximate surface area is 432 Å². The van der Waals surface area contributed by atoms with Crippen LogP contribution in [0.4, 0.5) is 0 Å². The third kappa shape index (κ3) is 23.9. The Morgan fingerprint density at radius 1 is 0.658 bits per heavy atom. The molecule has 0 bridgehead atoms. The van der Waals surface area contributed by atoms with E-state index in [1.54, 1.807) is 30.3 Å². The third-order valence-corrected chi connectivity index (χ3v) is 12.9. The lowest BCUT2D eigenvalue weighted by molar-refractivity contribution is -0.136. The van der Waals surface area contributed by atoms with E-state index in [0.29, 0.717) is 25.2 Å². The van der Waals surface area contributed by atoms with E-state index in [0.717, 1.165) is 12.0 Å². The predicted octanol–water partition coefficient (Wildman–Crippen LogP) is 0.234. The molecule has 10 atom stereocenters. The van der Waals surface area contributed by atoms with Gasteiger partial charge in [0.25, 0.3) is 0 Å². The molecule has 1 fully saturated rings. The molecule has 0 radical (unpaired) electrons.